The van der Waals surface area contributed by atoms with Gasteiger partial charge in [-0.15, -0.1) is 0 Å². The Balaban J connectivity index is 2.63. The van der Waals surface area contributed by atoms with Crippen molar-refractivity contribution in [1.29, 1.82) is 0 Å². The summed E-state index contributed by atoms with van der Waals surface area (Å²) in [5.41, 5.74) is -1.08. The molecule has 0 bridgehead atoms. The van der Waals surface area contributed by atoms with Crippen molar-refractivity contribution in [2.24, 2.45) is 0 Å². The fraction of sp³-hybridized carbons (Fsp3) is 0.364. The van der Waals surface area contributed by atoms with Gasteiger partial charge in [-0.2, -0.15) is 18.3 Å². The van der Waals surface area contributed by atoms with Crippen LogP contribution >= 0.6 is 0 Å². The lowest BCUT2D eigenvalue weighted by Crippen LogP contribution is -2.12. The second-order valence-electron chi connectivity index (χ2n) is 3.79. The molecule has 2 rings (SSSR count). The third kappa shape index (κ3) is 2.38. The number of rotatable bonds is 2. The first-order chi connectivity index (χ1) is 8.84. The lowest BCUT2D eigenvalue weighted by atomic mass is 10.3. The molecule has 0 saturated carbocycles. The van der Waals surface area contributed by atoms with Gasteiger partial charge in [0.25, 0.3) is 0 Å². The van der Waals surface area contributed by atoms with Crippen molar-refractivity contribution in [2.45, 2.75) is 20.0 Å². The van der Waals surface area contributed by atoms with E-state index in [0.29, 0.717) is 0 Å². The Morgan fingerprint density at radius 3 is 2.74 bits per heavy atom. The van der Waals surface area contributed by atoms with E-state index < -0.39 is 17.8 Å². The molecule has 0 saturated heterocycles. The van der Waals surface area contributed by atoms with E-state index in [1.165, 1.54) is 11.4 Å². The van der Waals surface area contributed by atoms with Crippen LogP contribution in [0.4, 0.5) is 13.2 Å². The Kier molecular flexibility index (Phi) is 3.17. The van der Waals surface area contributed by atoms with E-state index in [0.717, 1.165) is 12.3 Å². The fourth-order valence-corrected chi connectivity index (χ4v) is 1.61. The maximum Gasteiger partial charge on any atom is 0.433 e. The van der Waals surface area contributed by atoms with Crippen molar-refractivity contribution in [3.05, 3.63) is 29.2 Å². The molecule has 0 aliphatic carbocycles. The number of ether oxygens (including phenoxy) is 1. The molecule has 0 N–H and O–H groups in total. The number of aryl methyl sites for hydroxylation is 1. The van der Waals surface area contributed by atoms with Gasteiger partial charge in [0.05, 0.1) is 12.8 Å². The quantitative estimate of drug-likeness (QED) is 0.787. The summed E-state index contributed by atoms with van der Waals surface area (Å²) in [5, 5.41) is 3.83. The van der Waals surface area contributed by atoms with Crippen LogP contribution in [0.3, 0.4) is 0 Å². The Morgan fingerprint density at radius 1 is 1.47 bits per heavy atom. The van der Waals surface area contributed by atoms with Crippen molar-refractivity contribution in [3.8, 4) is 0 Å². The van der Waals surface area contributed by atoms with Crippen molar-refractivity contribution in [3.63, 3.8) is 0 Å². The van der Waals surface area contributed by atoms with Crippen LogP contribution in [0, 0.1) is 6.92 Å². The molecule has 0 spiro atoms. The molecule has 2 aromatic heterocycles. The minimum atomic E-state index is -4.58. The van der Waals surface area contributed by atoms with E-state index in [4.69, 9.17) is 4.74 Å². The maximum absolute atomic E-state index is 12.7. The molecule has 5 nitrogen and oxygen atoms in total. The Morgan fingerprint density at radius 2 is 2.16 bits per heavy atom. The lowest BCUT2D eigenvalue weighted by Gasteiger charge is -2.08. The van der Waals surface area contributed by atoms with Gasteiger partial charge in [-0.1, -0.05) is 0 Å². The summed E-state index contributed by atoms with van der Waals surface area (Å²) in [6.45, 7) is 3.17. The molecule has 0 radical (unpaired) electrons. The third-order valence-corrected chi connectivity index (χ3v) is 2.44. The van der Waals surface area contributed by atoms with E-state index >= 15 is 0 Å². The first kappa shape index (κ1) is 13.3. The van der Waals surface area contributed by atoms with Gasteiger partial charge in [0, 0.05) is 5.69 Å². The highest BCUT2D eigenvalue weighted by Crippen LogP contribution is 2.29. The zero-order chi connectivity index (χ0) is 14.2. The number of halogens is 3. The number of aromatic nitrogens is 3. The second kappa shape index (κ2) is 4.52. The van der Waals surface area contributed by atoms with Gasteiger partial charge in [-0.25, -0.2) is 14.3 Å². The van der Waals surface area contributed by atoms with E-state index in [1.54, 1.807) is 6.92 Å². The van der Waals surface area contributed by atoms with Gasteiger partial charge in [-0.05, 0) is 19.9 Å². The number of carbonyl (C=O) groups is 1. The van der Waals surface area contributed by atoms with Crippen molar-refractivity contribution < 1.29 is 22.7 Å². The molecular weight excluding hydrogens is 263 g/mol. The van der Waals surface area contributed by atoms with Gasteiger partial charge in [0.15, 0.2) is 5.65 Å². The van der Waals surface area contributed by atoms with Gasteiger partial charge < -0.3 is 4.74 Å². The van der Waals surface area contributed by atoms with Gasteiger partial charge in [0.1, 0.15) is 11.3 Å². The van der Waals surface area contributed by atoms with Crippen LogP contribution in [-0.2, 0) is 10.9 Å². The normalized spacial score (nSPS) is 11.8. The Bertz CT molecular complexity index is 634. The van der Waals surface area contributed by atoms with Crippen LogP contribution in [0.1, 0.15) is 28.7 Å². The number of carbonyl (C=O) groups excluding carboxylic acids is 1. The molecule has 2 aromatic rings. The van der Waals surface area contributed by atoms with Crippen molar-refractivity contribution >= 4 is 11.6 Å². The van der Waals surface area contributed by atoms with Crippen molar-refractivity contribution in [1.82, 2.24) is 14.6 Å². The molecular formula is C11H10F3N3O2. The minimum Gasteiger partial charge on any atom is -0.462 e. The number of nitrogens with zero attached hydrogens (tertiary/aromatic N) is 3. The van der Waals surface area contributed by atoms with Gasteiger partial charge in [0.2, 0.25) is 0 Å². The van der Waals surface area contributed by atoms with Crippen LogP contribution in [0.25, 0.3) is 5.65 Å². The van der Waals surface area contributed by atoms with Crippen LogP contribution in [0.2, 0.25) is 0 Å². The number of alkyl halides is 3. The number of hydrogen-bond donors (Lipinski definition) is 0. The van der Waals surface area contributed by atoms with E-state index in [-0.39, 0.29) is 23.5 Å². The smallest absolute Gasteiger partial charge is 0.433 e. The summed E-state index contributed by atoms with van der Waals surface area (Å²) in [6.07, 6.45) is -3.43. The molecule has 0 aliphatic rings. The SMILES string of the molecule is CCOC(=O)c1cnn2c(C)cc(C(F)(F)F)nc12. The van der Waals surface area contributed by atoms with E-state index in [1.807, 2.05) is 0 Å². The Hall–Kier alpha value is -2.12. The van der Waals surface area contributed by atoms with E-state index in [9.17, 15) is 18.0 Å². The molecule has 0 aliphatic heterocycles. The molecule has 0 unspecified atom stereocenters. The first-order valence-corrected chi connectivity index (χ1v) is 5.44. The van der Waals surface area contributed by atoms with E-state index in [2.05, 4.69) is 10.1 Å². The average molecular weight is 273 g/mol. The fourth-order valence-electron chi connectivity index (χ4n) is 1.61. The topological polar surface area (TPSA) is 56.5 Å². The predicted molar refractivity (Wildman–Crippen MR) is 58.7 cm³/mol. The molecule has 19 heavy (non-hydrogen) atoms. The summed E-state index contributed by atoms with van der Waals surface area (Å²) in [6, 6.07) is 0.870. The van der Waals surface area contributed by atoms with Crippen LogP contribution in [-0.4, -0.2) is 27.2 Å². The van der Waals surface area contributed by atoms with Gasteiger partial charge in [-0.3, -0.25) is 0 Å². The summed E-state index contributed by atoms with van der Waals surface area (Å²) >= 11 is 0. The molecule has 8 heteroatoms. The average Bonchev–Trinajstić information content (AvgIpc) is 2.72. The highest BCUT2D eigenvalue weighted by Gasteiger charge is 2.34. The summed E-state index contributed by atoms with van der Waals surface area (Å²) in [4.78, 5) is 15.0. The highest BCUT2D eigenvalue weighted by atomic mass is 19.4. The van der Waals surface area contributed by atoms with Crippen LogP contribution in [0.15, 0.2) is 12.3 Å². The molecule has 0 fully saturated rings. The number of fused-ring (bicyclic) bond motifs is 1. The second-order valence-corrected chi connectivity index (χ2v) is 3.79. The predicted octanol–water partition coefficient (Wildman–Crippen LogP) is 2.23. The molecule has 102 valence electrons. The minimum absolute atomic E-state index is 0.0870. The molecule has 0 aromatic carbocycles. The highest BCUT2D eigenvalue weighted by molar-refractivity contribution is 5.95. The number of esters is 1. The molecule has 0 amide bonds. The zero-order valence-electron chi connectivity index (χ0n) is 10.2. The monoisotopic (exact) mass is 273 g/mol. The summed E-state index contributed by atoms with van der Waals surface area (Å²) in [7, 11) is 0. The largest absolute Gasteiger partial charge is 0.462 e. The maximum atomic E-state index is 12.7. The lowest BCUT2D eigenvalue weighted by molar-refractivity contribution is -0.141. The summed E-state index contributed by atoms with van der Waals surface area (Å²) < 4.78 is 43.9. The number of hydrogen-bond acceptors (Lipinski definition) is 4. The standard InChI is InChI=1S/C11H10F3N3O2/c1-3-19-10(18)7-5-15-17-6(2)4-8(11(12,13)14)16-9(7)17/h4-5H,3H2,1-2H3. The first-order valence-electron chi connectivity index (χ1n) is 5.44. The summed E-state index contributed by atoms with van der Waals surface area (Å²) in [5.74, 6) is -0.747. The van der Waals surface area contributed by atoms with Gasteiger partial charge >= 0.3 is 12.1 Å². The Labute approximate surface area is 106 Å². The van der Waals surface area contributed by atoms with Crippen LogP contribution in [0.5, 0.6) is 0 Å². The third-order valence-electron chi connectivity index (χ3n) is 2.44. The molecule has 0 atom stereocenters. The van der Waals surface area contributed by atoms with Crippen molar-refractivity contribution in [2.75, 3.05) is 6.61 Å². The zero-order valence-corrected chi connectivity index (χ0v) is 10.2. The van der Waals surface area contributed by atoms with Crippen LogP contribution < -0.4 is 0 Å². The molecule has 2 heterocycles.